The van der Waals surface area contributed by atoms with Crippen molar-refractivity contribution in [3.63, 3.8) is 0 Å². The number of phenols is 1. The van der Waals surface area contributed by atoms with Crippen LogP contribution in [0.2, 0.25) is 0 Å². The van der Waals surface area contributed by atoms with Gasteiger partial charge in [0.25, 0.3) is 5.91 Å². The molecule has 3 rings (SSSR count). The standard InChI is InChI=1S/C24H25N3O6S/c1-32-20-12-13-22(33-2)23(14-20)34(30,31)27(16-18-8-4-3-5-9-18)17-24(29)26-25-15-19-10-6-7-11-21(19)28/h3-15,28H,16-17H2,1-2H3,(H,26,29). The van der Waals surface area contributed by atoms with Crippen molar-refractivity contribution in [1.82, 2.24) is 9.73 Å². The van der Waals surface area contributed by atoms with Crippen LogP contribution >= 0.6 is 0 Å². The molecule has 0 aromatic heterocycles. The zero-order chi connectivity index (χ0) is 24.6. The monoisotopic (exact) mass is 483 g/mol. The second kappa shape index (κ2) is 11.3. The van der Waals surface area contributed by atoms with Gasteiger partial charge in [0, 0.05) is 18.2 Å². The average molecular weight is 484 g/mol. The number of hydrogen-bond acceptors (Lipinski definition) is 7. The van der Waals surface area contributed by atoms with Crippen molar-refractivity contribution in [2.24, 2.45) is 5.10 Å². The maximum absolute atomic E-state index is 13.6. The van der Waals surface area contributed by atoms with Crippen LogP contribution in [0.25, 0.3) is 0 Å². The van der Waals surface area contributed by atoms with Crippen LogP contribution in [0, 0.1) is 0 Å². The fourth-order valence-electron chi connectivity index (χ4n) is 3.10. The van der Waals surface area contributed by atoms with E-state index in [2.05, 4.69) is 10.5 Å². The van der Waals surface area contributed by atoms with Crippen molar-refractivity contribution in [3.05, 3.63) is 83.9 Å². The predicted octanol–water partition coefficient (Wildman–Crippen LogP) is 2.75. The number of aromatic hydroxyl groups is 1. The summed E-state index contributed by atoms with van der Waals surface area (Å²) in [6.07, 6.45) is 1.27. The highest BCUT2D eigenvalue weighted by Gasteiger charge is 2.30. The maximum Gasteiger partial charge on any atom is 0.255 e. The van der Waals surface area contributed by atoms with E-state index in [0.29, 0.717) is 16.9 Å². The Labute approximate surface area is 198 Å². The first-order chi connectivity index (χ1) is 16.3. The lowest BCUT2D eigenvalue weighted by Crippen LogP contribution is -2.39. The van der Waals surface area contributed by atoms with Crippen molar-refractivity contribution in [3.8, 4) is 17.2 Å². The Bertz CT molecular complexity index is 1260. The number of benzene rings is 3. The number of methoxy groups -OCH3 is 2. The second-order valence-corrected chi connectivity index (χ2v) is 9.03. The van der Waals surface area contributed by atoms with Gasteiger partial charge in [-0.15, -0.1) is 0 Å². The number of rotatable bonds is 10. The van der Waals surface area contributed by atoms with Gasteiger partial charge in [-0.25, -0.2) is 13.8 Å². The number of sulfonamides is 1. The molecule has 0 bridgehead atoms. The first kappa shape index (κ1) is 24.7. The van der Waals surface area contributed by atoms with E-state index in [1.54, 1.807) is 48.5 Å². The number of hydrogen-bond donors (Lipinski definition) is 2. The van der Waals surface area contributed by atoms with E-state index < -0.39 is 22.5 Å². The van der Waals surface area contributed by atoms with Crippen LogP contribution in [0.5, 0.6) is 17.2 Å². The summed E-state index contributed by atoms with van der Waals surface area (Å²) >= 11 is 0. The molecular formula is C24H25N3O6S. The fraction of sp³-hybridized carbons (Fsp3) is 0.167. The highest BCUT2D eigenvalue weighted by Crippen LogP contribution is 2.31. The van der Waals surface area contributed by atoms with E-state index in [-0.39, 0.29) is 22.9 Å². The lowest BCUT2D eigenvalue weighted by molar-refractivity contribution is -0.121. The topological polar surface area (TPSA) is 118 Å². The van der Waals surface area contributed by atoms with Gasteiger partial charge in [0.2, 0.25) is 10.0 Å². The molecular weight excluding hydrogens is 458 g/mol. The summed E-state index contributed by atoms with van der Waals surface area (Å²) < 4.78 is 38.7. The van der Waals surface area contributed by atoms with Crippen LogP contribution < -0.4 is 14.9 Å². The third-order valence-electron chi connectivity index (χ3n) is 4.84. The van der Waals surface area contributed by atoms with Gasteiger partial charge in [-0.05, 0) is 29.8 Å². The number of hydrazone groups is 1. The molecule has 1 amide bonds. The van der Waals surface area contributed by atoms with Crippen molar-refractivity contribution in [2.45, 2.75) is 11.4 Å². The largest absolute Gasteiger partial charge is 0.507 e. The second-order valence-electron chi connectivity index (χ2n) is 7.13. The number of nitrogens with one attached hydrogen (secondary N) is 1. The Morgan fingerprint density at radius 1 is 1.03 bits per heavy atom. The van der Waals surface area contributed by atoms with Crippen LogP contribution in [0.15, 0.2) is 82.8 Å². The molecule has 0 atom stereocenters. The number of nitrogens with zero attached hydrogens (tertiary/aromatic N) is 2. The Hall–Kier alpha value is -3.89. The molecule has 0 unspecified atom stereocenters. The number of amides is 1. The predicted molar refractivity (Wildman–Crippen MR) is 127 cm³/mol. The van der Waals surface area contributed by atoms with E-state index >= 15 is 0 Å². The molecule has 9 nitrogen and oxygen atoms in total. The molecule has 34 heavy (non-hydrogen) atoms. The van der Waals surface area contributed by atoms with Gasteiger partial charge in [-0.1, -0.05) is 42.5 Å². The summed E-state index contributed by atoms with van der Waals surface area (Å²) in [5, 5.41) is 13.6. The van der Waals surface area contributed by atoms with E-state index in [9.17, 15) is 18.3 Å². The van der Waals surface area contributed by atoms with Crippen molar-refractivity contribution in [1.29, 1.82) is 0 Å². The van der Waals surface area contributed by atoms with Crippen molar-refractivity contribution < 1.29 is 27.8 Å². The molecule has 10 heteroatoms. The quantitative estimate of drug-likeness (QED) is 0.338. The van der Waals surface area contributed by atoms with E-state index in [0.717, 1.165) is 4.31 Å². The SMILES string of the molecule is COc1ccc(OC)c(S(=O)(=O)N(CC(=O)NN=Cc2ccccc2O)Cc2ccccc2)c1. The summed E-state index contributed by atoms with van der Waals surface area (Å²) in [5.74, 6) is -0.209. The van der Waals surface area contributed by atoms with E-state index in [1.165, 1.54) is 38.6 Å². The zero-order valence-corrected chi connectivity index (χ0v) is 19.5. The first-order valence-corrected chi connectivity index (χ1v) is 11.6. The van der Waals surface area contributed by atoms with Gasteiger partial charge in [-0.3, -0.25) is 4.79 Å². The smallest absolute Gasteiger partial charge is 0.255 e. The summed E-state index contributed by atoms with van der Waals surface area (Å²) in [4.78, 5) is 12.5. The van der Waals surface area contributed by atoms with Gasteiger partial charge < -0.3 is 14.6 Å². The fourth-order valence-corrected chi connectivity index (χ4v) is 4.66. The molecule has 0 aliphatic rings. The van der Waals surface area contributed by atoms with Gasteiger partial charge in [0.1, 0.15) is 22.1 Å². The summed E-state index contributed by atoms with van der Waals surface area (Å²) in [6, 6.07) is 19.8. The summed E-state index contributed by atoms with van der Waals surface area (Å²) in [7, 11) is -1.39. The minimum absolute atomic E-state index is 0.00102. The average Bonchev–Trinajstić information content (AvgIpc) is 2.85. The third-order valence-corrected chi connectivity index (χ3v) is 6.65. The normalized spacial score (nSPS) is 11.5. The minimum Gasteiger partial charge on any atom is -0.507 e. The number of ether oxygens (including phenoxy) is 2. The number of carbonyl (C=O) groups excluding carboxylic acids is 1. The highest BCUT2D eigenvalue weighted by atomic mass is 32.2. The van der Waals surface area contributed by atoms with E-state index in [4.69, 9.17) is 9.47 Å². The highest BCUT2D eigenvalue weighted by molar-refractivity contribution is 7.89. The maximum atomic E-state index is 13.6. The first-order valence-electron chi connectivity index (χ1n) is 10.2. The molecule has 3 aromatic rings. The van der Waals surface area contributed by atoms with Crippen LogP contribution in [0.3, 0.4) is 0 Å². The molecule has 2 N–H and O–H groups in total. The lowest BCUT2D eigenvalue weighted by atomic mass is 10.2. The Morgan fingerprint density at radius 3 is 2.41 bits per heavy atom. The van der Waals surface area contributed by atoms with Gasteiger partial charge in [0.15, 0.2) is 0 Å². The lowest BCUT2D eigenvalue weighted by Gasteiger charge is -2.23. The van der Waals surface area contributed by atoms with Crippen LogP contribution in [-0.4, -0.2) is 50.7 Å². The van der Waals surface area contributed by atoms with Gasteiger partial charge in [-0.2, -0.15) is 9.41 Å². The Balaban J connectivity index is 1.88. The molecule has 0 spiro atoms. The Morgan fingerprint density at radius 2 is 1.74 bits per heavy atom. The molecule has 0 aliphatic carbocycles. The van der Waals surface area contributed by atoms with Gasteiger partial charge in [0.05, 0.1) is 27.0 Å². The van der Waals surface area contributed by atoms with Crippen LogP contribution in [0.4, 0.5) is 0 Å². The number of carbonyl (C=O) groups is 1. The van der Waals surface area contributed by atoms with Gasteiger partial charge >= 0.3 is 0 Å². The number of phenolic OH excluding ortho intramolecular Hbond substituents is 1. The number of para-hydroxylation sites is 1. The Kier molecular flexibility index (Phi) is 8.23. The molecule has 0 saturated carbocycles. The molecule has 178 valence electrons. The molecule has 0 aliphatic heterocycles. The molecule has 0 fully saturated rings. The van der Waals surface area contributed by atoms with E-state index in [1.807, 2.05) is 6.07 Å². The van der Waals surface area contributed by atoms with Crippen molar-refractivity contribution >= 4 is 22.1 Å². The third kappa shape index (κ3) is 6.12. The molecule has 0 saturated heterocycles. The summed E-state index contributed by atoms with van der Waals surface area (Å²) in [5.41, 5.74) is 3.40. The zero-order valence-electron chi connectivity index (χ0n) is 18.7. The molecule has 3 aromatic carbocycles. The molecule has 0 heterocycles. The minimum atomic E-state index is -4.18. The molecule has 0 radical (unpaired) electrons. The van der Waals surface area contributed by atoms with Crippen LogP contribution in [-0.2, 0) is 21.4 Å². The van der Waals surface area contributed by atoms with Crippen molar-refractivity contribution in [2.75, 3.05) is 20.8 Å². The summed E-state index contributed by atoms with van der Waals surface area (Å²) in [6.45, 7) is -0.560. The van der Waals surface area contributed by atoms with Crippen LogP contribution in [0.1, 0.15) is 11.1 Å².